The molecule has 0 radical (unpaired) electrons. The van der Waals surface area contributed by atoms with E-state index in [0.717, 1.165) is 22.5 Å². The van der Waals surface area contributed by atoms with Crippen molar-refractivity contribution in [2.45, 2.75) is 0 Å². The van der Waals surface area contributed by atoms with Gasteiger partial charge in [-0.05, 0) is 24.3 Å². The van der Waals surface area contributed by atoms with Crippen LogP contribution in [0.3, 0.4) is 0 Å². The van der Waals surface area contributed by atoms with E-state index in [0.29, 0.717) is 0 Å². The van der Waals surface area contributed by atoms with E-state index in [1.54, 1.807) is 12.3 Å². The Hall–Kier alpha value is -4.07. The minimum absolute atomic E-state index is 0.226. The molecule has 0 aliphatic carbocycles. The summed E-state index contributed by atoms with van der Waals surface area (Å²) >= 11 is 0. The van der Waals surface area contributed by atoms with Gasteiger partial charge in [-0.25, -0.2) is 9.18 Å². The van der Waals surface area contributed by atoms with Crippen LogP contribution in [-0.2, 0) is 14.3 Å². The number of nitrogens with zero attached hydrogens (tertiary/aromatic N) is 1. The molecule has 0 saturated carbocycles. The van der Waals surface area contributed by atoms with Crippen molar-refractivity contribution in [1.82, 2.24) is 15.8 Å². The van der Waals surface area contributed by atoms with E-state index < -0.39 is 30.2 Å². The van der Waals surface area contributed by atoms with Crippen molar-refractivity contribution in [3.63, 3.8) is 0 Å². The molecule has 0 bridgehead atoms. The summed E-state index contributed by atoms with van der Waals surface area (Å²) in [6.45, 7) is -0.617. The molecular formula is C21H16FN3O4. The molecule has 2 amide bonds. The first-order valence-corrected chi connectivity index (χ1v) is 8.57. The van der Waals surface area contributed by atoms with E-state index >= 15 is 0 Å². The normalized spacial score (nSPS) is 10.7. The Kier molecular flexibility index (Phi) is 6.26. The maximum Gasteiger partial charge on any atom is 0.331 e. The standard InChI is InChI=1S/C21H16FN3O4/c22-17-9-2-1-8-16(17)21(28)25-24-18(26)13-29-19(27)11-10-15-6-3-5-14-7-4-12-23-20(14)15/h1-12H,13H2,(H,24,26)(H,25,28). The highest BCUT2D eigenvalue weighted by molar-refractivity contribution is 5.96. The SMILES string of the molecule is O=C(COC(=O)C=Cc1cccc2cccnc12)NNC(=O)c1ccccc1F. The number of nitrogens with one attached hydrogen (secondary N) is 2. The molecule has 146 valence electrons. The zero-order valence-electron chi connectivity index (χ0n) is 15.1. The quantitative estimate of drug-likeness (QED) is 0.394. The first-order chi connectivity index (χ1) is 14.0. The number of para-hydroxylation sites is 1. The van der Waals surface area contributed by atoms with Crippen molar-refractivity contribution in [2.24, 2.45) is 0 Å². The number of hydrogen-bond acceptors (Lipinski definition) is 5. The van der Waals surface area contributed by atoms with Crippen LogP contribution in [-0.4, -0.2) is 29.4 Å². The van der Waals surface area contributed by atoms with Crippen LogP contribution in [0.1, 0.15) is 15.9 Å². The molecule has 0 atom stereocenters. The van der Waals surface area contributed by atoms with Gasteiger partial charge in [-0.15, -0.1) is 0 Å². The van der Waals surface area contributed by atoms with Crippen LogP contribution in [0.25, 0.3) is 17.0 Å². The number of rotatable bonds is 5. The summed E-state index contributed by atoms with van der Waals surface area (Å²) < 4.78 is 18.3. The highest BCUT2D eigenvalue weighted by Gasteiger charge is 2.12. The first-order valence-electron chi connectivity index (χ1n) is 8.57. The Labute approximate surface area is 165 Å². The third kappa shape index (κ3) is 5.23. The number of fused-ring (bicyclic) bond motifs is 1. The molecule has 3 aromatic rings. The van der Waals surface area contributed by atoms with Crippen LogP contribution in [0.4, 0.5) is 4.39 Å². The molecule has 2 N–H and O–H groups in total. The Morgan fingerprint density at radius 2 is 1.79 bits per heavy atom. The van der Waals surface area contributed by atoms with Crippen molar-refractivity contribution in [3.8, 4) is 0 Å². The first kappa shape index (κ1) is 19.7. The molecule has 1 aromatic heterocycles. The summed E-state index contributed by atoms with van der Waals surface area (Å²) in [6, 6.07) is 14.6. The van der Waals surface area contributed by atoms with Gasteiger partial charge in [0.2, 0.25) is 0 Å². The van der Waals surface area contributed by atoms with Gasteiger partial charge in [0.05, 0.1) is 11.1 Å². The minimum Gasteiger partial charge on any atom is -0.452 e. The maximum absolute atomic E-state index is 13.5. The second-order valence-electron chi connectivity index (χ2n) is 5.85. The van der Waals surface area contributed by atoms with Crippen molar-refractivity contribution >= 4 is 34.8 Å². The zero-order valence-corrected chi connectivity index (χ0v) is 15.1. The number of carbonyl (C=O) groups is 3. The Morgan fingerprint density at radius 3 is 2.62 bits per heavy atom. The lowest BCUT2D eigenvalue weighted by Crippen LogP contribution is -2.43. The summed E-state index contributed by atoms with van der Waals surface area (Å²) in [7, 11) is 0. The molecule has 3 rings (SSSR count). The second kappa shape index (κ2) is 9.23. The van der Waals surface area contributed by atoms with Gasteiger partial charge in [0, 0.05) is 23.2 Å². The average molecular weight is 393 g/mol. The zero-order chi connectivity index (χ0) is 20.6. The van der Waals surface area contributed by atoms with E-state index in [1.807, 2.05) is 35.1 Å². The van der Waals surface area contributed by atoms with Crippen molar-refractivity contribution < 1.29 is 23.5 Å². The average Bonchev–Trinajstić information content (AvgIpc) is 2.74. The fraction of sp³-hybridized carbons (Fsp3) is 0.0476. The van der Waals surface area contributed by atoms with Crippen molar-refractivity contribution in [2.75, 3.05) is 6.61 Å². The van der Waals surface area contributed by atoms with Gasteiger partial charge in [0.15, 0.2) is 6.61 Å². The summed E-state index contributed by atoms with van der Waals surface area (Å²) in [5, 5.41) is 0.924. The molecule has 0 aliphatic rings. The summed E-state index contributed by atoms with van der Waals surface area (Å²) in [5.74, 6) is -3.07. The number of halogens is 1. The van der Waals surface area contributed by atoms with Crippen LogP contribution in [0, 0.1) is 5.82 Å². The van der Waals surface area contributed by atoms with Crippen LogP contribution < -0.4 is 10.9 Å². The summed E-state index contributed by atoms with van der Waals surface area (Å²) in [4.78, 5) is 39.6. The highest BCUT2D eigenvalue weighted by Crippen LogP contribution is 2.17. The number of ether oxygens (including phenoxy) is 1. The van der Waals surface area contributed by atoms with Gasteiger partial charge in [0.1, 0.15) is 5.82 Å². The van der Waals surface area contributed by atoms with E-state index in [1.165, 1.54) is 30.4 Å². The molecule has 29 heavy (non-hydrogen) atoms. The lowest BCUT2D eigenvalue weighted by molar-refractivity contribution is -0.144. The molecule has 0 saturated heterocycles. The van der Waals surface area contributed by atoms with E-state index in [2.05, 4.69) is 4.98 Å². The number of hydrazine groups is 1. The Morgan fingerprint density at radius 1 is 1.00 bits per heavy atom. The second-order valence-corrected chi connectivity index (χ2v) is 5.85. The van der Waals surface area contributed by atoms with E-state index in [4.69, 9.17) is 4.74 Å². The number of aromatic nitrogens is 1. The highest BCUT2D eigenvalue weighted by atomic mass is 19.1. The van der Waals surface area contributed by atoms with Crippen molar-refractivity contribution in [1.29, 1.82) is 0 Å². The van der Waals surface area contributed by atoms with E-state index in [9.17, 15) is 18.8 Å². The summed E-state index contributed by atoms with van der Waals surface area (Å²) in [5.41, 5.74) is 5.32. The molecular weight excluding hydrogens is 377 g/mol. The lowest BCUT2D eigenvalue weighted by atomic mass is 10.1. The number of esters is 1. The lowest BCUT2D eigenvalue weighted by Gasteiger charge is -2.08. The molecule has 0 aliphatic heterocycles. The Balaban J connectivity index is 1.49. The van der Waals surface area contributed by atoms with Gasteiger partial charge < -0.3 is 4.74 Å². The van der Waals surface area contributed by atoms with Crippen LogP contribution >= 0.6 is 0 Å². The Bertz CT molecular complexity index is 1090. The van der Waals surface area contributed by atoms with Crippen molar-refractivity contribution in [3.05, 3.63) is 83.8 Å². The number of pyridine rings is 1. The number of hydrogen-bond donors (Lipinski definition) is 2. The van der Waals surface area contributed by atoms with Gasteiger partial charge >= 0.3 is 5.97 Å². The van der Waals surface area contributed by atoms with Crippen LogP contribution in [0.15, 0.2) is 66.9 Å². The third-order valence-corrected chi connectivity index (χ3v) is 3.84. The number of amides is 2. The molecule has 2 aromatic carbocycles. The van der Waals surface area contributed by atoms with E-state index in [-0.39, 0.29) is 5.56 Å². The van der Waals surface area contributed by atoms with Gasteiger partial charge in [-0.1, -0.05) is 36.4 Å². The van der Waals surface area contributed by atoms with Gasteiger partial charge in [-0.2, -0.15) is 0 Å². The largest absolute Gasteiger partial charge is 0.452 e. The molecule has 0 unspecified atom stereocenters. The maximum atomic E-state index is 13.5. The third-order valence-electron chi connectivity index (χ3n) is 3.84. The fourth-order valence-corrected chi connectivity index (χ4v) is 2.48. The number of benzene rings is 2. The fourth-order valence-electron chi connectivity index (χ4n) is 2.48. The van der Waals surface area contributed by atoms with Crippen LogP contribution in [0.5, 0.6) is 0 Å². The van der Waals surface area contributed by atoms with Gasteiger partial charge in [-0.3, -0.25) is 25.4 Å². The smallest absolute Gasteiger partial charge is 0.331 e. The molecule has 0 spiro atoms. The molecule has 1 heterocycles. The predicted octanol–water partition coefficient (Wildman–Crippen LogP) is 2.39. The number of carbonyl (C=O) groups excluding carboxylic acids is 3. The minimum atomic E-state index is -0.828. The predicted molar refractivity (Wildman–Crippen MR) is 104 cm³/mol. The molecule has 8 heteroatoms. The molecule has 7 nitrogen and oxygen atoms in total. The summed E-state index contributed by atoms with van der Waals surface area (Å²) in [6.07, 6.45) is 4.36. The van der Waals surface area contributed by atoms with Crippen LogP contribution in [0.2, 0.25) is 0 Å². The monoisotopic (exact) mass is 393 g/mol. The van der Waals surface area contributed by atoms with Gasteiger partial charge in [0.25, 0.3) is 11.8 Å². The topological polar surface area (TPSA) is 97.4 Å². The molecule has 0 fully saturated rings.